The predicted octanol–water partition coefficient (Wildman–Crippen LogP) is 1.78. The molecule has 0 aromatic heterocycles. The van der Waals surface area contributed by atoms with Gasteiger partial charge in [-0.05, 0) is 18.2 Å². The average molecular weight is 307 g/mol. The molecular weight excluding hydrogens is 299 g/mol. The molecule has 0 heterocycles. The Bertz CT molecular complexity index is 525. The van der Waals surface area contributed by atoms with Crippen LogP contribution in [0.2, 0.25) is 0 Å². The molecule has 0 fully saturated rings. The third kappa shape index (κ3) is 3.27. The molecule has 0 atom stereocenters. The van der Waals surface area contributed by atoms with E-state index in [4.69, 9.17) is 5.26 Å². The van der Waals surface area contributed by atoms with Gasteiger partial charge in [-0.2, -0.15) is 5.26 Å². The molecule has 0 bridgehead atoms. The van der Waals surface area contributed by atoms with E-state index in [1.54, 1.807) is 6.07 Å². The van der Waals surface area contributed by atoms with Crippen molar-refractivity contribution < 1.29 is 12.8 Å². The van der Waals surface area contributed by atoms with E-state index in [9.17, 15) is 12.8 Å². The lowest BCUT2D eigenvalue weighted by molar-refractivity contribution is 0.557. The topological polar surface area (TPSA) is 70.0 Å². The first-order chi connectivity index (χ1) is 7.47. The maximum absolute atomic E-state index is 13.3. The Kier molecular flexibility index (Phi) is 4.41. The summed E-state index contributed by atoms with van der Waals surface area (Å²) < 4.78 is 39.1. The van der Waals surface area contributed by atoms with Crippen molar-refractivity contribution >= 4 is 26.0 Å². The van der Waals surface area contributed by atoms with Gasteiger partial charge < -0.3 is 0 Å². The molecule has 0 aliphatic rings. The molecule has 0 saturated carbocycles. The Balaban J connectivity index is 2.95. The van der Waals surface area contributed by atoms with Crippen LogP contribution < -0.4 is 4.72 Å². The number of hydrogen-bond donors (Lipinski definition) is 1. The number of sulfonamides is 1. The summed E-state index contributed by atoms with van der Waals surface area (Å²) in [5.41, 5.74) is 0. The lowest BCUT2D eigenvalue weighted by atomic mass is 10.3. The molecule has 0 saturated heterocycles. The Labute approximate surface area is 101 Å². The van der Waals surface area contributed by atoms with E-state index in [0.29, 0.717) is 4.47 Å². The fourth-order valence-corrected chi connectivity index (χ4v) is 2.43. The van der Waals surface area contributed by atoms with Gasteiger partial charge in [-0.1, -0.05) is 15.9 Å². The van der Waals surface area contributed by atoms with Crippen molar-refractivity contribution in [1.29, 1.82) is 5.26 Å². The summed E-state index contributed by atoms with van der Waals surface area (Å²) in [6.07, 6.45) is 0.0391. The molecule has 0 aliphatic heterocycles. The highest BCUT2D eigenvalue weighted by Crippen LogP contribution is 2.19. The van der Waals surface area contributed by atoms with Crippen LogP contribution in [0.5, 0.6) is 0 Å². The molecule has 0 unspecified atom stereocenters. The molecule has 4 nitrogen and oxygen atoms in total. The molecule has 1 N–H and O–H groups in total. The van der Waals surface area contributed by atoms with Crippen molar-refractivity contribution in [2.24, 2.45) is 0 Å². The maximum Gasteiger partial charge on any atom is 0.243 e. The lowest BCUT2D eigenvalue weighted by Gasteiger charge is -2.06. The van der Waals surface area contributed by atoms with Crippen LogP contribution in [0, 0.1) is 17.1 Å². The van der Waals surface area contributed by atoms with E-state index >= 15 is 0 Å². The molecule has 1 aromatic carbocycles. The number of nitrogens with one attached hydrogen (secondary N) is 1. The first kappa shape index (κ1) is 13.1. The van der Waals surface area contributed by atoms with Crippen molar-refractivity contribution in [2.45, 2.75) is 11.3 Å². The minimum atomic E-state index is -3.88. The van der Waals surface area contributed by atoms with Gasteiger partial charge in [-0.3, -0.25) is 0 Å². The van der Waals surface area contributed by atoms with Crippen LogP contribution in [0.4, 0.5) is 4.39 Å². The van der Waals surface area contributed by atoms with E-state index in [1.165, 1.54) is 6.07 Å². The van der Waals surface area contributed by atoms with Crippen molar-refractivity contribution in [2.75, 3.05) is 6.54 Å². The second kappa shape index (κ2) is 5.39. The van der Waals surface area contributed by atoms with Crippen molar-refractivity contribution in [3.05, 3.63) is 28.5 Å². The second-order valence-electron chi connectivity index (χ2n) is 2.88. The zero-order valence-electron chi connectivity index (χ0n) is 8.07. The number of nitrogens with zero attached hydrogens (tertiary/aromatic N) is 1. The summed E-state index contributed by atoms with van der Waals surface area (Å²) in [5, 5.41) is 8.26. The van der Waals surface area contributed by atoms with Crippen LogP contribution in [0.1, 0.15) is 6.42 Å². The van der Waals surface area contributed by atoms with E-state index in [0.717, 1.165) is 12.1 Å². The van der Waals surface area contributed by atoms with Gasteiger partial charge in [0.05, 0.1) is 6.07 Å². The third-order valence-corrected chi connectivity index (χ3v) is 3.70. The number of hydrogen-bond acceptors (Lipinski definition) is 3. The van der Waals surface area contributed by atoms with Crippen LogP contribution in [0.3, 0.4) is 0 Å². The Morgan fingerprint density at radius 1 is 1.50 bits per heavy atom. The SMILES string of the molecule is N#CCCNS(=O)(=O)c1ccc(Br)cc1F. The predicted molar refractivity (Wildman–Crippen MR) is 59.5 cm³/mol. The van der Waals surface area contributed by atoms with Crippen LogP contribution in [0.15, 0.2) is 27.6 Å². The average Bonchev–Trinajstić information content (AvgIpc) is 2.17. The molecule has 0 amide bonds. The fraction of sp³-hybridized carbons (Fsp3) is 0.222. The van der Waals surface area contributed by atoms with Crippen LogP contribution in [-0.4, -0.2) is 15.0 Å². The van der Waals surface area contributed by atoms with Crippen LogP contribution in [-0.2, 0) is 10.0 Å². The minimum Gasteiger partial charge on any atom is -0.210 e. The first-order valence-corrected chi connectivity index (χ1v) is 6.56. The summed E-state index contributed by atoms with van der Waals surface area (Å²) in [7, 11) is -3.88. The van der Waals surface area contributed by atoms with Crippen LogP contribution >= 0.6 is 15.9 Å². The molecule has 1 aromatic rings. The van der Waals surface area contributed by atoms with Crippen molar-refractivity contribution in [3.63, 3.8) is 0 Å². The minimum absolute atomic E-state index is 0.0334. The van der Waals surface area contributed by atoms with Gasteiger partial charge in [0.2, 0.25) is 10.0 Å². The molecule has 1 rings (SSSR count). The summed E-state index contributed by atoms with van der Waals surface area (Å²) in [6, 6.07) is 5.45. The Morgan fingerprint density at radius 2 is 2.19 bits per heavy atom. The smallest absolute Gasteiger partial charge is 0.210 e. The van der Waals surface area contributed by atoms with Crippen LogP contribution in [0.25, 0.3) is 0 Å². The highest BCUT2D eigenvalue weighted by Gasteiger charge is 2.18. The molecule has 16 heavy (non-hydrogen) atoms. The monoisotopic (exact) mass is 306 g/mol. The quantitative estimate of drug-likeness (QED) is 0.862. The molecular formula is C9H8BrFN2O2S. The van der Waals surface area contributed by atoms with E-state index < -0.39 is 20.7 Å². The van der Waals surface area contributed by atoms with Crippen molar-refractivity contribution in [3.8, 4) is 6.07 Å². The van der Waals surface area contributed by atoms with Gasteiger partial charge in [0.15, 0.2) is 0 Å². The van der Waals surface area contributed by atoms with E-state index in [2.05, 4.69) is 20.7 Å². The maximum atomic E-state index is 13.3. The molecule has 0 radical (unpaired) electrons. The van der Waals surface area contributed by atoms with Gasteiger partial charge >= 0.3 is 0 Å². The molecule has 7 heteroatoms. The summed E-state index contributed by atoms with van der Waals surface area (Å²) in [5.74, 6) is -0.834. The number of nitriles is 1. The van der Waals surface area contributed by atoms with Gasteiger partial charge in [0.1, 0.15) is 10.7 Å². The summed E-state index contributed by atoms with van der Waals surface area (Å²) in [4.78, 5) is -0.423. The molecule has 86 valence electrons. The Morgan fingerprint density at radius 3 is 2.75 bits per heavy atom. The van der Waals surface area contributed by atoms with Gasteiger partial charge in [-0.15, -0.1) is 0 Å². The first-order valence-electron chi connectivity index (χ1n) is 4.29. The zero-order chi connectivity index (χ0) is 12.2. The number of halogens is 2. The van der Waals surface area contributed by atoms with Crippen molar-refractivity contribution in [1.82, 2.24) is 4.72 Å². The lowest BCUT2D eigenvalue weighted by Crippen LogP contribution is -2.25. The van der Waals surface area contributed by atoms with Gasteiger partial charge in [-0.25, -0.2) is 17.5 Å². The third-order valence-electron chi connectivity index (χ3n) is 1.71. The summed E-state index contributed by atoms with van der Waals surface area (Å²) in [6.45, 7) is -0.0334. The Hall–Kier alpha value is -0.970. The normalized spacial score (nSPS) is 11.1. The van der Waals surface area contributed by atoms with Gasteiger partial charge in [0.25, 0.3) is 0 Å². The second-order valence-corrected chi connectivity index (χ2v) is 5.53. The largest absolute Gasteiger partial charge is 0.243 e. The summed E-state index contributed by atoms with van der Waals surface area (Å²) >= 11 is 3.03. The zero-order valence-corrected chi connectivity index (χ0v) is 10.5. The van der Waals surface area contributed by atoms with E-state index in [1.807, 2.05) is 0 Å². The highest BCUT2D eigenvalue weighted by atomic mass is 79.9. The standard InChI is InChI=1S/C9H8BrFN2O2S/c10-7-2-3-9(8(11)6-7)16(14,15)13-5-1-4-12/h2-3,6,13H,1,5H2. The van der Waals surface area contributed by atoms with E-state index in [-0.39, 0.29) is 13.0 Å². The number of rotatable bonds is 4. The van der Waals surface area contributed by atoms with Gasteiger partial charge in [0, 0.05) is 17.4 Å². The molecule has 0 aliphatic carbocycles. The number of benzene rings is 1. The fourth-order valence-electron chi connectivity index (χ4n) is 1.01. The molecule has 0 spiro atoms. The highest BCUT2D eigenvalue weighted by molar-refractivity contribution is 9.10.